The van der Waals surface area contributed by atoms with Crippen molar-refractivity contribution < 1.29 is 0 Å². The third-order valence-corrected chi connectivity index (χ3v) is 1.51. The summed E-state index contributed by atoms with van der Waals surface area (Å²) in [5.41, 5.74) is 1.07. The molecule has 0 spiro atoms. The van der Waals surface area contributed by atoms with Gasteiger partial charge < -0.3 is 5.32 Å². The van der Waals surface area contributed by atoms with Crippen molar-refractivity contribution in [1.82, 2.24) is 20.3 Å². The van der Waals surface area contributed by atoms with Gasteiger partial charge >= 0.3 is 0 Å². The van der Waals surface area contributed by atoms with E-state index in [1.165, 1.54) is 0 Å². The molecule has 0 aromatic carbocycles. The molecule has 0 aliphatic rings. The van der Waals surface area contributed by atoms with Crippen LogP contribution in [0.4, 0.5) is 0 Å². The van der Waals surface area contributed by atoms with Gasteiger partial charge in [-0.25, -0.2) is 0 Å². The van der Waals surface area contributed by atoms with E-state index in [0.717, 1.165) is 25.1 Å². The fourth-order valence-electron chi connectivity index (χ4n) is 0.956. The van der Waals surface area contributed by atoms with E-state index in [1.54, 1.807) is 4.68 Å². The number of hydrogen-bond acceptors (Lipinski definition) is 3. The van der Waals surface area contributed by atoms with Crippen LogP contribution in [0.25, 0.3) is 0 Å². The van der Waals surface area contributed by atoms with Crippen LogP contribution < -0.4 is 5.32 Å². The number of nitrogens with zero attached hydrogens (tertiary/aromatic N) is 3. The molecule has 1 heterocycles. The lowest BCUT2D eigenvalue weighted by molar-refractivity contribution is 0.702. The van der Waals surface area contributed by atoms with Crippen LogP contribution in [0.3, 0.4) is 0 Å². The third kappa shape index (κ3) is 2.67. The van der Waals surface area contributed by atoms with Crippen LogP contribution in [0, 0.1) is 0 Å². The van der Waals surface area contributed by atoms with Gasteiger partial charge in [-0.2, -0.15) is 0 Å². The molecule has 4 nitrogen and oxygen atoms in total. The molecule has 0 saturated carbocycles. The van der Waals surface area contributed by atoms with E-state index in [1.807, 2.05) is 20.3 Å². The summed E-state index contributed by atoms with van der Waals surface area (Å²) in [5, 5.41) is 10.9. The molecule has 62 valence electrons. The molecule has 0 aliphatic carbocycles. The summed E-state index contributed by atoms with van der Waals surface area (Å²) in [5.74, 6) is 0. The van der Waals surface area contributed by atoms with E-state index in [4.69, 9.17) is 0 Å². The van der Waals surface area contributed by atoms with Gasteiger partial charge in [0.2, 0.25) is 0 Å². The smallest absolute Gasteiger partial charge is 0.0827 e. The molecule has 1 aromatic heterocycles. The van der Waals surface area contributed by atoms with Crippen LogP contribution in [0.5, 0.6) is 0 Å². The number of rotatable bonds is 4. The zero-order valence-electron chi connectivity index (χ0n) is 7.04. The topological polar surface area (TPSA) is 42.7 Å². The van der Waals surface area contributed by atoms with E-state index in [0.29, 0.717) is 0 Å². The highest BCUT2D eigenvalue weighted by Crippen LogP contribution is 1.95. The maximum atomic E-state index is 3.97. The van der Waals surface area contributed by atoms with E-state index in [2.05, 4.69) is 15.6 Å². The minimum Gasteiger partial charge on any atom is -0.320 e. The lowest BCUT2D eigenvalue weighted by Gasteiger charge is -1.94. The lowest BCUT2D eigenvalue weighted by Crippen LogP contribution is -2.08. The Morgan fingerprint density at radius 3 is 3.00 bits per heavy atom. The van der Waals surface area contributed by atoms with Crippen molar-refractivity contribution in [3.8, 4) is 0 Å². The van der Waals surface area contributed by atoms with E-state index >= 15 is 0 Å². The van der Waals surface area contributed by atoms with E-state index in [-0.39, 0.29) is 0 Å². The quantitative estimate of drug-likeness (QED) is 0.619. The molecule has 0 atom stereocenters. The van der Waals surface area contributed by atoms with Crippen molar-refractivity contribution >= 4 is 0 Å². The van der Waals surface area contributed by atoms with Gasteiger partial charge in [-0.1, -0.05) is 5.21 Å². The number of nitrogens with one attached hydrogen (secondary N) is 1. The second-order valence-corrected chi connectivity index (χ2v) is 2.59. The first-order chi connectivity index (χ1) is 5.33. The van der Waals surface area contributed by atoms with Gasteiger partial charge in [-0.05, 0) is 26.4 Å². The van der Waals surface area contributed by atoms with Gasteiger partial charge in [-0.3, -0.25) is 4.68 Å². The van der Waals surface area contributed by atoms with Gasteiger partial charge in [0.15, 0.2) is 0 Å². The second-order valence-electron chi connectivity index (χ2n) is 2.59. The fourth-order valence-corrected chi connectivity index (χ4v) is 0.956. The number of hydrogen-bond donors (Lipinski definition) is 1. The molecule has 0 aliphatic heterocycles. The molecule has 0 amide bonds. The van der Waals surface area contributed by atoms with Gasteiger partial charge in [0.05, 0.1) is 5.69 Å². The van der Waals surface area contributed by atoms with Crippen LogP contribution in [0.1, 0.15) is 12.1 Å². The zero-order valence-corrected chi connectivity index (χ0v) is 7.04. The fraction of sp³-hybridized carbons (Fsp3) is 0.714. The molecule has 1 rings (SSSR count). The molecule has 0 bridgehead atoms. The van der Waals surface area contributed by atoms with Crippen LogP contribution in [0.15, 0.2) is 6.20 Å². The predicted molar refractivity (Wildman–Crippen MR) is 43.3 cm³/mol. The Kier molecular flexibility index (Phi) is 3.04. The standard InChI is InChI=1S/C7H14N4/c1-8-5-3-4-7-6-11(2)10-9-7/h6,8H,3-5H2,1-2H3. The summed E-state index contributed by atoms with van der Waals surface area (Å²) in [4.78, 5) is 0. The summed E-state index contributed by atoms with van der Waals surface area (Å²) >= 11 is 0. The van der Waals surface area contributed by atoms with Crippen molar-refractivity contribution in [2.75, 3.05) is 13.6 Å². The highest BCUT2D eigenvalue weighted by atomic mass is 15.4. The van der Waals surface area contributed by atoms with Gasteiger partial charge in [0.25, 0.3) is 0 Å². The van der Waals surface area contributed by atoms with Crippen molar-refractivity contribution in [2.24, 2.45) is 7.05 Å². The monoisotopic (exact) mass is 154 g/mol. The van der Waals surface area contributed by atoms with Gasteiger partial charge in [0, 0.05) is 13.2 Å². The van der Waals surface area contributed by atoms with Crippen molar-refractivity contribution in [3.05, 3.63) is 11.9 Å². The summed E-state index contributed by atoms with van der Waals surface area (Å²) in [6, 6.07) is 0. The summed E-state index contributed by atoms with van der Waals surface area (Å²) in [6.07, 6.45) is 4.08. The lowest BCUT2D eigenvalue weighted by atomic mass is 10.2. The Morgan fingerprint density at radius 2 is 2.45 bits per heavy atom. The second kappa shape index (κ2) is 4.08. The Labute approximate surface area is 66.6 Å². The minimum atomic E-state index is 1.01. The van der Waals surface area contributed by atoms with Crippen LogP contribution in [-0.4, -0.2) is 28.6 Å². The normalized spacial score (nSPS) is 10.4. The minimum absolute atomic E-state index is 1.01. The van der Waals surface area contributed by atoms with Crippen LogP contribution >= 0.6 is 0 Å². The van der Waals surface area contributed by atoms with Crippen molar-refractivity contribution in [3.63, 3.8) is 0 Å². The SMILES string of the molecule is CNCCCc1cn(C)nn1. The maximum absolute atomic E-state index is 3.97. The number of aryl methyl sites for hydroxylation is 2. The highest BCUT2D eigenvalue weighted by molar-refractivity contribution is 4.91. The Morgan fingerprint density at radius 1 is 1.64 bits per heavy atom. The Balaban J connectivity index is 2.27. The average molecular weight is 154 g/mol. The summed E-state index contributed by atoms with van der Waals surface area (Å²) in [6.45, 7) is 1.04. The first-order valence-corrected chi connectivity index (χ1v) is 3.82. The summed E-state index contributed by atoms with van der Waals surface area (Å²) in [7, 11) is 3.84. The maximum Gasteiger partial charge on any atom is 0.0827 e. The van der Waals surface area contributed by atoms with Crippen molar-refractivity contribution in [2.45, 2.75) is 12.8 Å². The Hall–Kier alpha value is -0.900. The third-order valence-electron chi connectivity index (χ3n) is 1.51. The Bertz CT molecular complexity index is 206. The predicted octanol–water partition coefficient (Wildman–Crippen LogP) is -0.0329. The molecule has 4 heteroatoms. The van der Waals surface area contributed by atoms with Gasteiger partial charge in [0.1, 0.15) is 0 Å². The molecule has 0 radical (unpaired) electrons. The largest absolute Gasteiger partial charge is 0.320 e. The van der Waals surface area contributed by atoms with Crippen LogP contribution in [-0.2, 0) is 13.5 Å². The zero-order chi connectivity index (χ0) is 8.10. The molecule has 0 fully saturated rings. The molecule has 1 N–H and O–H groups in total. The molecular weight excluding hydrogens is 140 g/mol. The molecule has 11 heavy (non-hydrogen) atoms. The van der Waals surface area contributed by atoms with Crippen LogP contribution in [0.2, 0.25) is 0 Å². The first kappa shape index (κ1) is 8.20. The first-order valence-electron chi connectivity index (χ1n) is 3.82. The van der Waals surface area contributed by atoms with Crippen molar-refractivity contribution in [1.29, 1.82) is 0 Å². The molecule has 0 saturated heterocycles. The highest BCUT2D eigenvalue weighted by Gasteiger charge is 1.95. The summed E-state index contributed by atoms with van der Waals surface area (Å²) < 4.78 is 1.73. The van der Waals surface area contributed by atoms with E-state index < -0.39 is 0 Å². The van der Waals surface area contributed by atoms with Gasteiger partial charge in [-0.15, -0.1) is 5.10 Å². The van der Waals surface area contributed by atoms with E-state index in [9.17, 15) is 0 Å². The average Bonchev–Trinajstić information content (AvgIpc) is 2.37. The molecule has 1 aromatic rings. The number of aromatic nitrogens is 3. The molecule has 0 unspecified atom stereocenters. The molecular formula is C7H14N4.